The molecule has 6 heteroatoms. The average Bonchev–Trinajstić information content (AvgIpc) is 3.02. The Bertz CT molecular complexity index is 498. The van der Waals surface area contributed by atoms with Gasteiger partial charge in [0.2, 0.25) is 5.91 Å². The molecule has 2 amide bonds. The van der Waals surface area contributed by atoms with Crippen LogP contribution in [0.5, 0.6) is 0 Å². The second kappa shape index (κ2) is 9.03. The molecule has 1 heterocycles. The Morgan fingerprint density at radius 2 is 2.04 bits per heavy atom. The lowest BCUT2D eigenvalue weighted by atomic mass is 9.89. The van der Waals surface area contributed by atoms with Crippen molar-refractivity contribution in [3.05, 3.63) is 22.4 Å². The maximum absolute atomic E-state index is 12.3. The van der Waals surface area contributed by atoms with Crippen LogP contribution in [0.1, 0.15) is 50.2 Å². The molecule has 0 aliphatic rings. The quantitative estimate of drug-likeness (QED) is 0.604. The number of nitrogens with one attached hydrogen (secondary N) is 2. The Balaban J connectivity index is 2.47. The highest BCUT2D eigenvalue weighted by Gasteiger charge is 2.25. The van der Waals surface area contributed by atoms with Crippen molar-refractivity contribution in [2.45, 2.75) is 46.6 Å². The summed E-state index contributed by atoms with van der Waals surface area (Å²) < 4.78 is 0. The first-order valence-corrected chi connectivity index (χ1v) is 8.88. The summed E-state index contributed by atoms with van der Waals surface area (Å²) >= 11 is 1.36. The fourth-order valence-corrected chi connectivity index (χ4v) is 2.75. The highest BCUT2D eigenvalue weighted by molar-refractivity contribution is 7.12. The fraction of sp³-hybridized carbons (Fsp3) is 0.647. The van der Waals surface area contributed by atoms with Gasteiger partial charge in [-0.15, -0.1) is 11.3 Å². The predicted octanol–water partition coefficient (Wildman–Crippen LogP) is 2.42. The first kappa shape index (κ1) is 19.6. The van der Waals surface area contributed by atoms with E-state index >= 15 is 0 Å². The molecule has 1 aromatic heterocycles. The van der Waals surface area contributed by atoms with Gasteiger partial charge in [0.15, 0.2) is 0 Å². The van der Waals surface area contributed by atoms with Crippen LogP contribution in [0.2, 0.25) is 0 Å². The van der Waals surface area contributed by atoms with Crippen LogP contribution in [0, 0.1) is 11.3 Å². The van der Waals surface area contributed by atoms with E-state index in [1.807, 2.05) is 39.1 Å². The molecule has 0 radical (unpaired) electrons. The number of thiophene rings is 1. The van der Waals surface area contributed by atoms with Gasteiger partial charge in [0.25, 0.3) is 5.91 Å². The van der Waals surface area contributed by atoms with Crippen molar-refractivity contribution in [1.82, 2.24) is 10.6 Å². The van der Waals surface area contributed by atoms with Crippen LogP contribution in [-0.4, -0.2) is 36.1 Å². The molecule has 5 nitrogen and oxygen atoms in total. The predicted molar refractivity (Wildman–Crippen MR) is 93.5 cm³/mol. The van der Waals surface area contributed by atoms with E-state index in [9.17, 15) is 14.7 Å². The van der Waals surface area contributed by atoms with Crippen molar-refractivity contribution in [1.29, 1.82) is 0 Å². The SMILES string of the molecule is CC(C)[C@H](NC(=O)c1cccs1)C(=O)NCCCC(C)(C)CO. The number of rotatable bonds is 9. The third-order valence-corrected chi connectivity index (χ3v) is 4.61. The lowest BCUT2D eigenvalue weighted by molar-refractivity contribution is -0.123. The van der Waals surface area contributed by atoms with Gasteiger partial charge in [-0.25, -0.2) is 0 Å². The summed E-state index contributed by atoms with van der Waals surface area (Å²) in [5, 5.41) is 16.7. The molecular weight excluding hydrogens is 312 g/mol. The van der Waals surface area contributed by atoms with E-state index in [0.717, 1.165) is 12.8 Å². The first-order valence-electron chi connectivity index (χ1n) is 8.00. The van der Waals surface area contributed by atoms with E-state index in [-0.39, 0.29) is 29.8 Å². The summed E-state index contributed by atoms with van der Waals surface area (Å²) in [7, 11) is 0. The molecule has 0 aliphatic heterocycles. The van der Waals surface area contributed by atoms with Gasteiger partial charge in [0.05, 0.1) is 4.88 Å². The van der Waals surface area contributed by atoms with Gasteiger partial charge in [0.1, 0.15) is 6.04 Å². The van der Waals surface area contributed by atoms with Gasteiger partial charge in [-0.1, -0.05) is 33.8 Å². The summed E-state index contributed by atoms with van der Waals surface area (Å²) in [6.07, 6.45) is 1.63. The second-order valence-electron chi connectivity index (χ2n) is 6.89. The number of aliphatic hydroxyl groups is 1. The van der Waals surface area contributed by atoms with Crippen molar-refractivity contribution in [2.24, 2.45) is 11.3 Å². The molecule has 0 saturated heterocycles. The first-order chi connectivity index (χ1) is 10.8. The average molecular weight is 340 g/mol. The van der Waals surface area contributed by atoms with Crippen molar-refractivity contribution < 1.29 is 14.7 Å². The Hall–Kier alpha value is -1.40. The van der Waals surface area contributed by atoms with Crippen LogP contribution >= 0.6 is 11.3 Å². The van der Waals surface area contributed by atoms with Crippen LogP contribution in [0.25, 0.3) is 0 Å². The molecule has 0 aliphatic carbocycles. The minimum Gasteiger partial charge on any atom is -0.396 e. The normalized spacial score (nSPS) is 13.0. The molecule has 1 aromatic rings. The fourth-order valence-electron chi connectivity index (χ4n) is 2.12. The summed E-state index contributed by atoms with van der Waals surface area (Å²) in [4.78, 5) is 25.0. The molecule has 1 atom stereocenters. The topological polar surface area (TPSA) is 78.4 Å². The van der Waals surface area contributed by atoms with Gasteiger partial charge >= 0.3 is 0 Å². The Morgan fingerprint density at radius 3 is 2.57 bits per heavy atom. The maximum Gasteiger partial charge on any atom is 0.262 e. The summed E-state index contributed by atoms with van der Waals surface area (Å²) in [6, 6.07) is 3.01. The Labute approximate surface area is 142 Å². The largest absolute Gasteiger partial charge is 0.396 e. The number of carbonyl (C=O) groups is 2. The van der Waals surface area contributed by atoms with E-state index in [1.165, 1.54) is 11.3 Å². The molecule has 1 rings (SSSR count). The number of aliphatic hydroxyl groups excluding tert-OH is 1. The van der Waals surface area contributed by atoms with Crippen LogP contribution in [-0.2, 0) is 4.79 Å². The van der Waals surface area contributed by atoms with Gasteiger partial charge in [-0.2, -0.15) is 0 Å². The summed E-state index contributed by atoms with van der Waals surface area (Å²) in [5.74, 6) is -0.366. The Kier molecular flexibility index (Phi) is 7.72. The van der Waals surface area contributed by atoms with Gasteiger partial charge in [0, 0.05) is 13.2 Å². The van der Waals surface area contributed by atoms with Crippen molar-refractivity contribution in [2.75, 3.05) is 13.2 Å². The van der Waals surface area contributed by atoms with E-state index in [2.05, 4.69) is 10.6 Å². The minimum atomic E-state index is -0.546. The minimum absolute atomic E-state index is 0.00722. The van der Waals surface area contributed by atoms with Crippen LogP contribution in [0.3, 0.4) is 0 Å². The lowest BCUT2D eigenvalue weighted by Gasteiger charge is -2.23. The number of amides is 2. The number of hydrogen-bond acceptors (Lipinski definition) is 4. The molecular formula is C17H28N2O3S. The van der Waals surface area contributed by atoms with Gasteiger partial charge in [-0.3, -0.25) is 9.59 Å². The summed E-state index contributed by atoms with van der Waals surface area (Å²) in [5.41, 5.74) is -0.129. The van der Waals surface area contributed by atoms with Crippen LogP contribution in [0.4, 0.5) is 0 Å². The molecule has 0 bridgehead atoms. The van der Waals surface area contributed by atoms with Crippen molar-refractivity contribution >= 4 is 23.2 Å². The third kappa shape index (κ3) is 6.71. The number of hydrogen-bond donors (Lipinski definition) is 3. The molecule has 0 saturated carbocycles. The highest BCUT2D eigenvalue weighted by Crippen LogP contribution is 2.20. The molecule has 23 heavy (non-hydrogen) atoms. The lowest BCUT2D eigenvalue weighted by Crippen LogP contribution is -2.49. The zero-order valence-electron chi connectivity index (χ0n) is 14.4. The molecule has 130 valence electrons. The van der Waals surface area contributed by atoms with E-state index in [4.69, 9.17) is 0 Å². The Morgan fingerprint density at radius 1 is 1.35 bits per heavy atom. The maximum atomic E-state index is 12.3. The number of carbonyl (C=O) groups excluding carboxylic acids is 2. The monoisotopic (exact) mass is 340 g/mol. The van der Waals surface area contributed by atoms with E-state index in [1.54, 1.807) is 6.07 Å². The molecule has 3 N–H and O–H groups in total. The van der Waals surface area contributed by atoms with E-state index in [0.29, 0.717) is 11.4 Å². The van der Waals surface area contributed by atoms with Gasteiger partial charge < -0.3 is 15.7 Å². The van der Waals surface area contributed by atoms with Crippen LogP contribution < -0.4 is 10.6 Å². The van der Waals surface area contributed by atoms with E-state index < -0.39 is 6.04 Å². The van der Waals surface area contributed by atoms with Gasteiger partial charge in [-0.05, 0) is 35.6 Å². The van der Waals surface area contributed by atoms with Crippen molar-refractivity contribution in [3.8, 4) is 0 Å². The smallest absolute Gasteiger partial charge is 0.262 e. The van der Waals surface area contributed by atoms with Crippen LogP contribution in [0.15, 0.2) is 17.5 Å². The highest BCUT2D eigenvalue weighted by atomic mass is 32.1. The third-order valence-electron chi connectivity index (χ3n) is 3.74. The molecule has 0 aromatic carbocycles. The van der Waals surface area contributed by atoms with Crippen molar-refractivity contribution in [3.63, 3.8) is 0 Å². The molecule has 0 unspecified atom stereocenters. The zero-order valence-corrected chi connectivity index (χ0v) is 15.2. The zero-order chi connectivity index (χ0) is 17.5. The standard InChI is InChI=1S/C17H28N2O3S/c1-12(2)14(19-15(21)13-7-5-10-23-13)16(22)18-9-6-8-17(3,4)11-20/h5,7,10,12,14,20H,6,8-9,11H2,1-4H3,(H,18,22)(H,19,21)/t14-/m0/s1. The molecule has 0 spiro atoms. The second-order valence-corrected chi connectivity index (χ2v) is 7.84. The summed E-state index contributed by atoms with van der Waals surface area (Å²) in [6.45, 7) is 8.48. The molecule has 0 fully saturated rings.